The van der Waals surface area contributed by atoms with Gasteiger partial charge in [0.15, 0.2) is 5.13 Å². The summed E-state index contributed by atoms with van der Waals surface area (Å²) < 4.78 is 0. The van der Waals surface area contributed by atoms with Gasteiger partial charge in [0.2, 0.25) is 0 Å². The Hall–Kier alpha value is -1.63. The van der Waals surface area contributed by atoms with Gasteiger partial charge in [0.1, 0.15) is 0 Å². The molecule has 0 unspecified atom stereocenters. The van der Waals surface area contributed by atoms with Gasteiger partial charge in [-0.3, -0.25) is 10.1 Å². The fraction of sp³-hybridized carbons (Fsp3) is 0.615. The van der Waals surface area contributed by atoms with Crippen LogP contribution in [0.5, 0.6) is 0 Å². The van der Waals surface area contributed by atoms with E-state index in [9.17, 15) is 9.59 Å². The number of rotatable bonds is 5. The third-order valence-corrected chi connectivity index (χ3v) is 4.24. The van der Waals surface area contributed by atoms with Gasteiger partial charge >= 0.3 is 12.0 Å². The third kappa shape index (κ3) is 4.48. The van der Waals surface area contributed by atoms with E-state index in [-0.39, 0.29) is 12.5 Å². The number of aliphatic carboxylic acids is 1. The molecule has 0 bridgehead atoms. The van der Waals surface area contributed by atoms with Crippen LogP contribution in [0.15, 0.2) is 0 Å². The summed E-state index contributed by atoms with van der Waals surface area (Å²) in [6, 6.07) is -0.320. The summed E-state index contributed by atoms with van der Waals surface area (Å²) in [5.74, 6) is -0.851. The van der Waals surface area contributed by atoms with Crippen molar-refractivity contribution in [2.75, 3.05) is 11.9 Å². The molecule has 2 amide bonds. The molecule has 0 fully saturated rings. The van der Waals surface area contributed by atoms with Crippen molar-refractivity contribution in [1.29, 1.82) is 0 Å². The highest BCUT2D eigenvalue weighted by Gasteiger charge is 2.15. The molecule has 0 spiro atoms. The number of fused-ring (bicyclic) bond motifs is 1. The van der Waals surface area contributed by atoms with Crippen LogP contribution in [-0.4, -0.2) is 28.6 Å². The van der Waals surface area contributed by atoms with Crippen molar-refractivity contribution in [1.82, 2.24) is 10.3 Å². The van der Waals surface area contributed by atoms with Crippen molar-refractivity contribution in [2.24, 2.45) is 0 Å². The van der Waals surface area contributed by atoms with E-state index in [1.807, 2.05) is 0 Å². The molecule has 0 radical (unpaired) electrons. The molecule has 6 nitrogen and oxygen atoms in total. The Morgan fingerprint density at radius 1 is 1.25 bits per heavy atom. The van der Waals surface area contributed by atoms with Crippen LogP contribution in [0.25, 0.3) is 0 Å². The number of carbonyl (C=O) groups excluding carboxylic acids is 1. The summed E-state index contributed by atoms with van der Waals surface area (Å²) in [6.07, 6.45) is 6.13. The van der Waals surface area contributed by atoms with Crippen molar-refractivity contribution >= 4 is 28.5 Å². The molecule has 1 aromatic heterocycles. The second-order valence-electron chi connectivity index (χ2n) is 4.83. The largest absolute Gasteiger partial charge is 0.481 e. The predicted octanol–water partition coefficient (Wildman–Crippen LogP) is 2.40. The lowest BCUT2D eigenvalue weighted by atomic mass is 10.2. The Morgan fingerprint density at radius 3 is 2.85 bits per heavy atom. The number of hydrogen-bond acceptors (Lipinski definition) is 4. The highest BCUT2D eigenvalue weighted by atomic mass is 32.1. The minimum Gasteiger partial charge on any atom is -0.481 e. The maximum Gasteiger partial charge on any atom is 0.321 e. The number of aromatic nitrogens is 1. The number of hydrogen-bond donors (Lipinski definition) is 3. The number of carboxylic acids is 1. The first-order chi connectivity index (χ1) is 9.65. The zero-order valence-corrected chi connectivity index (χ0v) is 12.1. The predicted molar refractivity (Wildman–Crippen MR) is 77.3 cm³/mol. The molecule has 2 rings (SSSR count). The lowest BCUT2D eigenvalue weighted by Crippen LogP contribution is -2.29. The summed E-state index contributed by atoms with van der Waals surface area (Å²) in [7, 11) is 0. The Labute approximate surface area is 121 Å². The van der Waals surface area contributed by atoms with E-state index in [1.165, 1.54) is 17.7 Å². The molecule has 0 atom stereocenters. The molecule has 1 aromatic rings. The fourth-order valence-electron chi connectivity index (χ4n) is 2.17. The molecule has 3 N–H and O–H groups in total. The van der Waals surface area contributed by atoms with Crippen LogP contribution in [0.3, 0.4) is 0 Å². The molecule has 1 aliphatic carbocycles. The van der Waals surface area contributed by atoms with Crippen LogP contribution in [0.4, 0.5) is 9.93 Å². The molecule has 20 heavy (non-hydrogen) atoms. The number of nitrogens with one attached hydrogen (secondary N) is 2. The van der Waals surface area contributed by atoms with E-state index in [0.29, 0.717) is 18.1 Å². The molecule has 110 valence electrons. The van der Waals surface area contributed by atoms with Crippen molar-refractivity contribution in [3.8, 4) is 0 Å². The quantitative estimate of drug-likeness (QED) is 0.575. The number of nitrogens with zero attached hydrogens (tertiary/aromatic N) is 1. The first-order valence-corrected chi connectivity index (χ1v) is 7.72. The number of anilines is 1. The zero-order valence-electron chi connectivity index (χ0n) is 11.3. The molecule has 0 saturated carbocycles. The number of amides is 2. The maximum absolute atomic E-state index is 11.6. The van der Waals surface area contributed by atoms with Gasteiger partial charge in [0, 0.05) is 17.8 Å². The van der Waals surface area contributed by atoms with Gasteiger partial charge in [0.05, 0.1) is 5.69 Å². The van der Waals surface area contributed by atoms with Gasteiger partial charge in [-0.1, -0.05) is 6.42 Å². The molecular weight excluding hydrogens is 278 g/mol. The summed E-state index contributed by atoms with van der Waals surface area (Å²) in [5, 5.41) is 14.5. The molecule has 0 saturated heterocycles. The molecular formula is C13H19N3O3S. The molecule has 7 heteroatoms. The summed E-state index contributed by atoms with van der Waals surface area (Å²) >= 11 is 1.54. The third-order valence-electron chi connectivity index (χ3n) is 3.17. The van der Waals surface area contributed by atoms with E-state index in [0.717, 1.165) is 25.0 Å². The Bertz CT molecular complexity index is 464. The van der Waals surface area contributed by atoms with Crippen molar-refractivity contribution in [3.05, 3.63) is 10.6 Å². The topological polar surface area (TPSA) is 91.3 Å². The standard InChI is InChI=1S/C13H19N3O3S/c17-11(18)7-4-8-14-12(19)16-13-15-9-5-2-1-3-6-10(9)20-13/h1-8H2,(H,17,18)(H2,14,15,16,19). The SMILES string of the molecule is O=C(O)CCCNC(=O)Nc1nc2c(s1)CCCCC2. The highest BCUT2D eigenvalue weighted by molar-refractivity contribution is 7.15. The molecule has 0 aliphatic heterocycles. The van der Waals surface area contributed by atoms with E-state index < -0.39 is 5.97 Å². The van der Waals surface area contributed by atoms with E-state index in [4.69, 9.17) is 5.11 Å². The normalized spacial score (nSPS) is 14.2. The lowest BCUT2D eigenvalue weighted by molar-refractivity contribution is -0.137. The monoisotopic (exact) mass is 297 g/mol. The first kappa shape index (κ1) is 14.8. The van der Waals surface area contributed by atoms with Gasteiger partial charge in [-0.25, -0.2) is 9.78 Å². The van der Waals surface area contributed by atoms with Crippen LogP contribution in [0.1, 0.15) is 42.7 Å². The Morgan fingerprint density at radius 2 is 2.05 bits per heavy atom. The first-order valence-electron chi connectivity index (χ1n) is 6.90. The highest BCUT2D eigenvalue weighted by Crippen LogP contribution is 2.28. The van der Waals surface area contributed by atoms with E-state index in [2.05, 4.69) is 15.6 Å². The molecule has 1 heterocycles. The number of carbonyl (C=O) groups is 2. The number of carboxylic acid groups (broad SMARTS) is 1. The lowest BCUT2D eigenvalue weighted by Gasteiger charge is -2.04. The Balaban J connectivity index is 1.78. The maximum atomic E-state index is 11.6. The minimum absolute atomic E-state index is 0.0613. The second-order valence-corrected chi connectivity index (χ2v) is 5.91. The number of thiazole rings is 1. The van der Waals surface area contributed by atoms with Crippen LogP contribution in [0, 0.1) is 0 Å². The van der Waals surface area contributed by atoms with Crippen molar-refractivity contribution in [2.45, 2.75) is 44.9 Å². The van der Waals surface area contributed by atoms with Gasteiger partial charge in [-0.15, -0.1) is 11.3 Å². The Kier molecular flexibility index (Phi) is 5.34. The summed E-state index contributed by atoms with van der Waals surface area (Å²) in [4.78, 5) is 27.7. The smallest absolute Gasteiger partial charge is 0.321 e. The molecule has 1 aliphatic rings. The van der Waals surface area contributed by atoms with Gasteiger partial charge in [-0.05, 0) is 32.1 Å². The van der Waals surface area contributed by atoms with Gasteiger partial charge in [0.25, 0.3) is 0 Å². The average molecular weight is 297 g/mol. The van der Waals surface area contributed by atoms with E-state index in [1.54, 1.807) is 11.3 Å². The number of urea groups is 1. The summed E-state index contributed by atoms with van der Waals surface area (Å²) in [6.45, 7) is 0.350. The summed E-state index contributed by atoms with van der Waals surface area (Å²) in [5.41, 5.74) is 1.12. The van der Waals surface area contributed by atoms with Crippen molar-refractivity contribution in [3.63, 3.8) is 0 Å². The minimum atomic E-state index is -0.851. The van der Waals surface area contributed by atoms with Crippen LogP contribution >= 0.6 is 11.3 Å². The zero-order chi connectivity index (χ0) is 14.4. The van der Waals surface area contributed by atoms with E-state index >= 15 is 0 Å². The van der Waals surface area contributed by atoms with Crippen molar-refractivity contribution < 1.29 is 14.7 Å². The number of aryl methyl sites for hydroxylation is 2. The second kappa shape index (κ2) is 7.23. The van der Waals surface area contributed by atoms with Crippen LogP contribution in [0.2, 0.25) is 0 Å². The van der Waals surface area contributed by atoms with Crippen LogP contribution in [-0.2, 0) is 17.6 Å². The van der Waals surface area contributed by atoms with Gasteiger partial charge in [-0.2, -0.15) is 0 Å². The fourth-order valence-corrected chi connectivity index (χ4v) is 3.21. The average Bonchev–Trinajstić information content (AvgIpc) is 2.63. The van der Waals surface area contributed by atoms with Crippen LogP contribution < -0.4 is 10.6 Å². The van der Waals surface area contributed by atoms with Gasteiger partial charge < -0.3 is 10.4 Å². The molecule has 0 aromatic carbocycles.